The molecule has 4 nitrogen and oxygen atoms in total. The maximum Gasteiger partial charge on any atom is 0.133 e. The second-order valence-electron chi connectivity index (χ2n) is 3.85. The molecule has 0 saturated heterocycles. The largest absolute Gasteiger partial charge is 0.383 e. The van der Waals surface area contributed by atoms with E-state index in [2.05, 4.69) is 23.8 Å². The minimum absolute atomic E-state index is 0.310. The highest BCUT2D eigenvalue weighted by atomic mass is 16.5. The first-order valence-corrected chi connectivity index (χ1v) is 4.91. The molecule has 1 aromatic heterocycles. The van der Waals surface area contributed by atoms with Crippen LogP contribution in [-0.4, -0.2) is 16.6 Å². The molecule has 1 aliphatic heterocycles. The van der Waals surface area contributed by atoms with Gasteiger partial charge in [-0.05, 0) is 0 Å². The van der Waals surface area contributed by atoms with E-state index in [1.54, 1.807) is 0 Å². The van der Waals surface area contributed by atoms with Gasteiger partial charge in [0, 0.05) is 17.9 Å². The van der Waals surface area contributed by atoms with Crippen LogP contribution in [0.3, 0.4) is 0 Å². The lowest BCUT2D eigenvalue weighted by molar-refractivity contribution is 0.107. The number of nitrogens with zero attached hydrogens (tertiary/aromatic N) is 2. The number of hydrogen-bond acceptors (Lipinski definition) is 4. The molecular formula is C10H15N3O. The van der Waals surface area contributed by atoms with Crippen LogP contribution in [-0.2, 0) is 17.8 Å². The van der Waals surface area contributed by atoms with Gasteiger partial charge in [0.2, 0.25) is 0 Å². The fourth-order valence-corrected chi connectivity index (χ4v) is 1.56. The molecule has 0 amide bonds. The lowest BCUT2D eigenvalue weighted by Gasteiger charge is -2.18. The Morgan fingerprint density at radius 3 is 2.86 bits per heavy atom. The van der Waals surface area contributed by atoms with E-state index in [1.165, 1.54) is 0 Å². The van der Waals surface area contributed by atoms with E-state index in [-0.39, 0.29) is 0 Å². The molecule has 2 rings (SSSR count). The molecule has 2 N–H and O–H groups in total. The summed E-state index contributed by atoms with van der Waals surface area (Å²) in [5, 5.41) is 0. The molecule has 0 saturated carbocycles. The Balaban J connectivity index is 2.46. The van der Waals surface area contributed by atoms with Crippen molar-refractivity contribution in [3.63, 3.8) is 0 Å². The average Bonchev–Trinajstić information content (AvgIpc) is 2.17. The first kappa shape index (κ1) is 9.40. The Hall–Kier alpha value is -1.16. The molecule has 0 aliphatic carbocycles. The molecule has 1 aromatic rings. The molecular weight excluding hydrogens is 178 g/mol. The van der Waals surface area contributed by atoms with Crippen LogP contribution < -0.4 is 5.73 Å². The highest BCUT2D eigenvalue weighted by molar-refractivity contribution is 5.43. The molecule has 0 bridgehead atoms. The van der Waals surface area contributed by atoms with E-state index >= 15 is 0 Å². The number of hydrogen-bond donors (Lipinski definition) is 1. The van der Waals surface area contributed by atoms with Crippen LogP contribution in [0.2, 0.25) is 0 Å². The van der Waals surface area contributed by atoms with Crippen molar-refractivity contribution in [2.75, 3.05) is 12.3 Å². The predicted molar refractivity (Wildman–Crippen MR) is 53.9 cm³/mol. The van der Waals surface area contributed by atoms with Crippen LogP contribution in [0, 0.1) is 0 Å². The molecule has 0 aromatic carbocycles. The first-order chi connectivity index (χ1) is 6.68. The van der Waals surface area contributed by atoms with E-state index in [9.17, 15) is 0 Å². The Morgan fingerprint density at radius 1 is 1.36 bits per heavy atom. The topological polar surface area (TPSA) is 61.0 Å². The molecule has 0 radical (unpaired) electrons. The lowest BCUT2D eigenvalue weighted by Crippen LogP contribution is -2.17. The van der Waals surface area contributed by atoms with Crippen molar-refractivity contribution >= 4 is 5.82 Å². The first-order valence-electron chi connectivity index (χ1n) is 4.91. The highest BCUT2D eigenvalue weighted by Crippen LogP contribution is 2.22. The van der Waals surface area contributed by atoms with E-state index in [0.29, 0.717) is 18.3 Å². The number of ether oxygens (including phenoxy) is 1. The van der Waals surface area contributed by atoms with Gasteiger partial charge in [0.05, 0.1) is 18.9 Å². The zero-order chi connectivity index (χ0) is 10.1. The van der Waals surface area contributed by atoms with Crippen LogP contribution in [0.1, 0.15) is 36.8 Å². The molecule has 1 aliphatic rings. The SMILES string of the molecule is CC(C)c1nc(N)c2c(n1)COCC2. The molecule has 0 fully saturated rings. The molecule has 2 heterocycles. The number of fused-ring (bicyclic) bond motifs is 1. The second kappa shape index (κ2) is 3.53. The van der Waals surface area contributed by atoms with Gasteiger partial charge in [-0.25, -0.2) is 9.97 Å². The number of nitrogen functional groups attached to an aromatic ring is 1. The molecule has 0 atom stereocenters. The zero-order valence-corrected chi connectivity index (χ0v) is 8.58. The average molecular weight is 193 g/mol. The molecule has 4 heteroatoms. The predicted octanol–water partition coefficient (Wildman–Crippen LogP) is 1.25. The van der Waals surface area contributed by atoms with E-state index in [0.717, 1.165) is 30.1 Å². The minimum Gasteiger partial charge on any atom is -0.383 e. The fourth-order valence-electron chi connectivity index (χ4n) is 1.56. The van der Waals surface area contributed by atoms with Gasteiger partial charge in [0.15, 0.2) is 0 Å². The maximum absolute atomic E-state index is 5.87. The highest BCUT2D eigenvalue weighted by Gasteiger charge is 2.17. The van der Waals surface area contributed by atoms with Gasteiger partial charge in [-0.2, -0.15) is 0 Å². The summed E-state index contributed by atoms with van der Waals surface area (Å²) >= 11 is 0. The Kier molecular flexibility index (Phi) is 2.37. The van der Waals surface area contributed by atoms with E-state index < -0.39 is 0 Å². The Morgan fingerprint density at radius 2 is 2.14 bits per heavy atom. The van der Waals surface area contributed by atoms with Gasteiger partial charge in [-0.3, -0.25) is 0 Å². The number of rotatable bonds is 1. The smallest absolute Gasteiger partial charge is 0.133 e. The van der Waals surface area contributed by atoms with Crippen LogP contribution >= 0.6 is 0 Å². The van der Waals surface area contributed by atoms with Crippen molar-refractivity contribution in [1.29, 1.82) is 0 Å². The van der Waals surface area contributed by atoms with Crippen molar-refractivity contribution in [2.24, 2.45) is 0 Å². The van der Waals surface area contributed by atoms with Crippen molar-refractivity contribution < 1.29 is 4.74 Å². The van der Waals surface area contributed by atoms with Gasteiger partial charge in [0.1, 0.15) is 11.6 Å². The van der Waals surface area contributed by atoms with Crippen LogP contribution in [0.25, 0.3) is 0 Å². The lowest BCUT2D eigenvalue weighted by atomic mass is 10.1. The summed E-state index contributed by atoms with van der Waals surface area (Å²) in [6.45, 7) is 5.42. The molecule has 0 unspecified atom stereocenters. The van der Waals surface area contributed by atoms with Crippen molar-refractivity contribution in [2.45, 2.75) is 32.8 Å². The summed E-state index contributed by atoms with van der Waals surface area (Å²) in [4.78, 5) is 8.75. The van der Waals surface area contributed by atoms with Crippen LogP contribution in [0.15, 0.2) is 0 Å². The molecule has 14 heavy (non-hydrogen) atoms. The van der Waals surface area contributed by atoms with Crippen molar-refractivity contribution in [3.05, 3.63) is 17.1 Å². The molecule has 0 spiro atoms. The maximum atomic E-state index is 5.87. The van der Waals surface area contributed by atoms with Gasteiger partial charge in [-0.15, -0.1) is 0 Å². The van der Waals surface area contributed by atoms with Crippen molar-refractivity contribution in [1.82, 2.24) is 9.97 Å². The number of anilines is 1. The second-order valence-corrected chi connectivity index (χ2v) is 3.85. The van der Waals surface area contributed by atoms with Gasteiger partial charge < -0.3 is 10.5 Å². The third kappa shape index (κ3) is 1.57. The quantitative estimate of drug-likeness (QED) is 0.729. The summed E-state index contributed by atoms with van der Waals surface area (Å²) in [6.07, 6.45) is 0.833. The van der Waals surface area contributed by atoms with Crippen molar-refractivity contribution in [3.8, 4) is 0 Å². The minimum atomic E-state index is 0.310. The summed E-state index contributed by atoms with van der Waals surface area (Å²) < 4.78 is 5.34. The van der Waals surface area contributed by atoms with Gasteiger partial charge in [0.25, 0.3) is 0 Å². The summed E-state index contributed by atoms with van der Waals surface area (Å²) in [5.74, 6) is 1.75. The van der Waals surface area contributed by atoms with Crippen LogP contribution in [0.5, 0.6) is 0 Å². The summed E-state index contributed by atoms with van der Waals surface area (Å²) in [7, 11) is 0. The Bertz CT molecular complexity index is 349. The molecule has 76 valence electrons. The fraction of sp³-hybridized carbons (Fsp3) is 0.600. The summed E-state index contributed by atoms with van der Waals surface area (Å²) in [6, 6.07) is 0. The zero-order valence-electron chi connectivity index (χ0n) is 8.58. The summed E-state index contributed by atoms with van der Waals surface area (Å²) in [5.41, 5.74) is 7.91. The van der Waals surface area contributed by atoms with Crippen LogP contribution in [0.4, 0.5) is 5.82 Å². The monoisotopic (exact) mass is 193 g/mol. The van der Waals surface area contributed by atoms with E-state index in [1.807, 2.05) is 0 Å². The standard InChI is InChI=1S/C10H15N3O/c1-6(2)10-12-8-5-14-4-3-7(8)9(11)13-10/h6H,3-5H2,1-2H3,(H2,11,12,13). The Labute approximate surface area is 83.5 Å². The third-order valence-corrected chi connectivity index (χ3v) is 2.39. The van der Waals surface area contributed by atoms with E-state index in [4.69, 9.17) is 10.5 Å². The third-order valence-electron chi connectivity index (χ3n) is 2.39. The number of aromatic nitrogens is 2. The van der Waals surface area contributed by atoms with Gasteiger partial charge >= 0.3 is 0 Å². The normalized spacial score (nSPS) is 15.6. The number of nitrogens with two attached hydrogens (primary N) is 1. The van der Waals surface area contributed by atoms with Gasteiger partial charge in [-0.1, -0.05) is 13.8 Å².